The summed E-state index contributed by atoms with van der Waals surface area (Å²) in [6.07, 6.45) is 2.26. The number of rotatable bonds is 7. The average Bonchev–Trinajstić information content (AvgIpc) is 3.10. The van der Waals surface area contributed by atoms with Crippen molar-refractivity contribution < 1.29 is 19.0 Å². The van der Waals surface area contributed by atoms with Crippen molar-refractivity contribution in [2.24, 2.45) is 0 Å². The van der Waals surface area contributed by atoms with Crippen LogP contribution in [0.25, 0.3) is 0 Å². The van der Waals surface area contributed by atoms with Crippen LogP contribution >= 0.6 is 0 Å². The second-order valence-corrected chi connectivity index (χ2v) is 7.25. The number of morpholine rings is 1. The van der Waals surface area contributed by atoms with E-state index in [2.05, 4.69) is 9.80 Å². The third-order valence-electron chi connectivity index (χ3n) is 5.07. The fourth-order valence-electron chi connectivity index (χ4n) is 3.86. The number of halogens is 1. The normalized spacial score (nSPS) is 21.5. The summed E-state index contributed by atoms with van der Waals surface area (Å²) in [5.41, 5.74) is 1.77. The molecule has 1 aromatic carbocycles. The first-order valence-electron chi connectivity index (χ1n) is 9.29. The van der Waals surface area contributed by atoms with Gasteiger partial charge in [0.2, 0.25) is 0 Å². The third kappa shape index (κ3) is 4.93. The van der Waals surface area contributed by atoms with Crippen molar-refractivity contribution in [3.63, 3.8) is 0 Å². The van der Waals surface area contributed by atoms with E-state index in [-0.39, 0.29) is 18.5 Å². The molecule has 1 atom stereocenters. The minimum Gasteiger partial charge on any atom is -0.480 e. The van der Waals surface area contributed by atoms with Crippen LogP contribution < -0.4 is 4.90 Å². The predicted octanol–water partition coefficient (Wildman–Crippen LogP) is 1.64. The summed E-state index contributed by atoms with van der Waals surface area (Å²) in [4.78, 5) is 17.0. The molecule has 0 bridgehead atoms. The van der Waals surface area contributed by atoms with E-state index in [1.807, 2.05) is 6.07 Å². The molecular formula is C19H28FN3O3. The van der Waals surface area contributed by atoms with Crippen molar-refractivity contribution in [3.8, 4) is 0 Å². The summed E-state index contributed by atoms with van der Waals surface area (Å²) in [5.74, 6) is -0.998. The molecule has 2 saturated heterocycles. The van der Waals surface area contributed by atoms with Crippen LogP contribution in [0.4, 0.5) is 10.1 Å². The van der Waals surface area contributed by atoms with Crippen molar-refractivity contribution in [2.45, 2.75) is 25.5 Å². The molecule has 2 aliphatic rings. The number of benzene rings is 1. The van der Waals surface area contributed by atoms with Gasteiger partial charge in [-0.3, -0.25) is 14.6 Å². The van der Waals surface area contributed by atoms with Gasteiger partial charge in [0.25, 0.3) is 0 Å². The Bertz CT molecular complexity index is 622. The summed E-state index contributed by atoms with van der Waals surface area (Å²) in [7, 11) is 1.78. The number of likely N-dealkylation sites (N-methyl/N-ethyl adjacent to an activating group) is 1. The van der Waals surface area contributed by atoms with Crippen LogP contribution in [0.2, 0.25) is 0 Å². The van der Waals surface area contributed by atoms with Gasteiger partial charge in [-0.15, -0.1) is 0 Å². The highest BCUT2D eigenvalue weighted by Crippen LogP contribution is 2.28. The molecule has 0 spiro atoms. The molecule has 0 aliphatic carbocycles. The van der Waals surface area contributed by atoms with Gasteiger partial charge < -0.3 is 14.7 Å². The summed E-state index contributed by atoms with van der Waals surface area (Å²) < 4.78 is 20.3. The molecule has 0 amide bonds. The lowest BCUT2D eigenvalue weighted by molar-refractivity contribution is -0.138. The lowest BCUT2D eigenvalue weighted by Gasteiger charge is -2.35. The lowest BCUT2D eigenvalue weighted by Crippen LogP contribution is -2.47. The molecule has 6 nitrogen and oxygen atoms in total. The van der Waals surface area contributed by atoms with E-state index < -0.39 is 5.97 Å². The molecule has 1 unspecified atom stereocenters. The van der Waals surface area contributed by atoms with Gasteiger partial charge in [0, 0.05) is 50.5 Å². The van der Waals surface area contributed by atoms with Gasteiger partial charge in [-0.1, -0.05) is 6.07 Å². The summed E-state index contributed by atoms with van der Waals surface area (Å²) in [5, 5.41) is 8.89. The highest BCUT2D eigenvalue weighted by atomic mass is 19.1. The van der Waals surface area contributed by atoms with E-state index in [1.165, 1.54) is 6.07 Å². The summed E-state index contributed by atoms with van der Waals surface area (Å²) in [6.45, 7) is 5.10. The fraction of sp³-hybridized carbons (Fsp3) is 0.632. The van der Waals surface area contributed by atoms with E-state index in [4.69, 9.17) is 9.84 Å². The summed E-state index contributed by atoms with van der Waals surface area (Å²) in [6, 6.07) is 5.34. The second kappa shape index (κ2) is 8.79. The Morgan fingerprint density at radius 1 is 1.35 bits per heavy atom. The van der Waals surface area contributed by atoms with E-state index in [0.29, 0.717) is 26.2 Å². The molecule has 26 heavy (non-hydrogen) atoms. The molecule has 2 aliphatic heterocycles. The molecule has 144 valence electrons. The maximum Gasteiger partial charge on any atom is 0.317 e. The molecule has 7 heteroatoms. The summed E-state index contributed by atoms with van der Waals surface area (Å²) >= 11 is 0. The Morgan fingerprint density at radius 3 is 2.85 bits per heavy atom. The number of carboxylic acids is 1. The highest BCUT2D eigenvalue weighted by molar-refractivity contribution is 5.69. The van der Waals surface area contributed by atoms with E-state index in [0.717, 1.165) is 43.7 Å². The number of anilines is 1. The van der Waals surface area contributed by atoms with Gasteiger partial charge in [0.05, 0.1) is 19.3 Å². The zero-order valence-corrected chi connectivity index (χ0v) is 15.4. The number of hydrogen-bond acceptors (Lipinski definition) is 5. The second-order valence-electron chi connectivity index (χ2n) is 7.25. The molecular weight excluding hydrogens is 337 g/mol. The van der Waals surface area contributed by atoms with Crippen LogP contribution in [0.1, 0.15) is 18.4 Å². The van der Waals surface area contributed by atoms with Gasteiger partial charge in [-0.25, -0.2) is 4.39 Å². The highest BCUT2D eigenvalue weighted by Gasteiger charge is 2.25. The molecule has 1 N–H and O–H groups in total. The third-order valence-corrected chi connectivity index (χ3v) is 5.07. The smallest absolute Gasteiger partial charge is 0.317 e. The largest absolute Gasteiger partial charge is 0.480 e. The number of ether oxygens (including phenoxy) is 1. The maximum atomic E-state index is 14.6. The van der Waals surface area contributed by atoms with Gasteiger partial charge in [-0.2, -0.15) is 0 Å². The van der Waals surface area contributed by atoms with Crippen LogP contribution in [-0.2, 0) is 16.1 Å². The van der Waals surface area contributed by atoms with Gasteiger partial charge in [0.1, 0.15) is 5.82 Å². The standard InChI is InChI=1S/C19H28FN3O3/c1-21(14-19(24)25)11-15-12-22(9-10-26-15)13-16-17(20)5-4-6-18(16)23-7-2-3-8-23/h4-6,15H,2-3,7-14H2,1H3,(H,24,25). The van der Waals surface area contributed by atoms with Crippen molar-refractivity contribution in [3.05, 3.63) is 29.6 Å². The van der Waals surface area contributed by atoms with Crippen molar-refractivity contribution in [1.29, 1.82) is 0 Å². The molecule has 1 aromatic rings. The first-order chi connectivity index (χ1) is 12.5. The first kappa shape index (κ1) is 19.1. The van der Waals surface area contributed by atoms with Crippen molar-refractivity contribution >= 4 is 11.7 Å². The molecule has 0 radical (unpaired) electrons. The molecule has 2 fully saturated rings. The van der Waals surface area contributed by atoms with E-state index in [9.17, 15) is 9.18 Å². The number of aliphatic carboxylic acids is 1. The molecule has 0 saturated carbocycles. The Morgan fingerprint density at radius 2 is 2.12 bits per heavy atom. The Labute approximate surface area is 154 Å². The van der Waals surface area contributed by atoms with Crippen molar-refractivity contribution in [1.82, 2.24) is 9.80 Å². The van der Waals surface area contributed by atoms with Crippen LogP contribution in [0, 0.1) is 5.82 Å². The van der Waals surface area contributed by atoms with E-state index in [1.54, 1.807) is 18.0 Å². The molecule has 2 heterocycles. The molecule has 0 aromatic heterocycles. The van der Waals surface area contributed by atoms with Crippen molar-refractivity contribution in [2.75, 3.05) is 57.8 Å². The topological polar surface area (TPSA) is 56.3 Å². The lowest BCUT2D eigenvalue weighted by atomic mass is 10.1. The number of nitrogens with zero attached hydrogens (tertiary/aromatic N) is 3. The monoisotopic (exact) mass is 365 g/mol. The number of hydrogen-bond donors (Lipinski definition) is 1. The maximum absolute atomic E-state index is 14.6. The van der Waals surface area contributed by atoms with Crippen LogP contribution in [-0.4, -0.2) is 79.9 Å². The quantitative estimate of drug-likeness (QED) is 0.793. The zero-order valence-electron chi connectivity index (χ0n) is 15.4. The minimum atomic E-state index is -0.846. The van der Waals surface area contributed by atoms with Gasteiger partial charge in [0.15, 0.2) is 0 Å². The fourth-order valence-corrected chi connectivity index (χ4v) is 3.86. The van der Waals surface area contributed by atoms with Crippen LogP contribution in [0.3, 0.4) is 0 Å². The van der Waals surface area contributed by atoms with Crippen LogP contribution in [0.15, 0.2) is 18.2 Å². The zero-order chi connectivity index (χ0) is 18.5. The van der Waals surface area contributed by atoms with Crippen LogP contribution in [0.5, 0.6) is 0 Å². The average molecular weight is 365 g/mol. The first-order valence-corrected chi connectivity index (χ1v) is 9.29. The predicted molar refractivity (Wildman–Crippen MR) is 98.0 cm³/mol. The van der Waals surface area contributed by atoms with Gasteiger partial charge >= 0.3 is 5.97 Å². The molecule has 3 rings (SSSR count). The SMILES string of the molecule is CN(CC(=O)O)CC1CN(Cc2c(F)cccc2N2CCCC2)CCO1. The Balaban J connectivity index is 1.64. The number of carbonyl (C=O) groups is 1. The number of carboxylic acid groups (broad SMARTS) is 1. The Hall–Kier alpha value is -1.70. The Kier molecular flexibility index (Phi) is 6.45. The van der Waals surface area contributed by atoms with Gasteiger partial charge in [-0.05, 0) is 32.0 Å². The minimum absolute atomic E-state index is 0.00766. The van der Waals surface area contributed by atoms with E-state index >= 15 is 0 Å².